The van der Waals surface area contributed by atoms with Gasteiger partial charge in [0.05, 0.1) is 10.9 Å². The lowest BCUT2D eigenvalue weighted by Crippen LogP contribution is -2.03. The van der Waals surface area contributed by atoms with E-state index < -0.39 is 0 Å². The van der Waals surface area contributed by atoms with Gasteiger partial charge in [-0.3, -0.25) is 0 Å². The molecule has 1 aromatic heterocycles. The lowest BCUT2D eigenvalue weighted by molar-refractivity contribution is 0.467. The van der Waals surface area contributed by atoms with Gasteiger partial charge in [-0.05, 0) is 37.1 Å². The van der Waals surface area contributed by atoms with Gasteiger partial charge in [0.25, 0.3) is 0 Å². The average Bonchev–Trinajstić information content (AvgIpc) is 2.24. The number of rotatable bonds is 0. The zero-order valence-corrected chi connectivity index (χ0v) is 10.4. The Labute approximate surface area is 95.1 Å². The first-order valence-electron chi connectivity index (χ1n) is 5.46. The minimum Gasteiger partial charge on any atom is -0.408 e. The highest BCUT2D eigenvalue weighted by molar-refractivity contribution is 5.78. The van der Waals surface area contributed by atoms with Gasteiger partial charge in [0, 0.05) is 6.92 Å². The summed E-state index contributed by atoms with van der Waals surface area (Å²) in [4.78, 5) is 15.6. The van der Waals surface area contributed by atoms with Crippen LogP contribution >= 0.6 is 0 Å². The second-order valence-electron chi connectivity index (χ2n) is 3.47. The maximum atomic E-state index is 11.5. The van der Waals surface area contributed by atoms with Crippen molar-refractivity contribution in [1.82, 2.24) is 4.98 Å². The topological polar surface area (TPSA) is 43.1 Å². The van der Waals surface area contributed by atoms with E-state index in [9.17, 15) is 4.79 Å². The van der Waals surface area contributed by atoms with Crippen molar-refractivity contribution in [2.24, 2.45) is 0 Å². The molecule has 1 heterocycles. The Morgan fingerprint density at radius 3 is 2.25 bits per heavy atom. The molecule has 86 valence electrons. The van der Waals surface area contributed by atoms with Crippen LogP contribution in [0.5, 0.6) is 0 Å². The number of hydrogen-bond donors (Lipinski definition) is 0. The Bertz CT molecular complexity index is 556. The van der Waals surface area contributed by atoms with E-state index in [4.69, 9.17) is 4.42 Å². The first-order valence-corrected chi connectivity index (χ1v) is 5.46. The third-order valence-corrected chi connectivity index (χ3v) is 2.35. The van der Waals surface area contributed by atoms with E-state index in [0.717, 1.165) is 11.1 Å². The van der Waals surface area contributed by atoms with Gasteiger partial charge in [-0.1, -0.05) is 13.8 Å². The Kier molecular flexibility index (Phi) is 3.82. The van der Waals surface area contributed by atoms with Crippen LogP contribution in [0.1, 0.15) is 30.9 Å². The molecular weight excluding hydrogens is 202 g/mol. The van der Waals surface area contributed by atoms with Crippen LogP contribution in [0, 0.1) is 20.8 Å². The first-order chi connectivity index (χ1) is 7.58. The van der Waals surface area contributed by atoms with Gasteiger partial charge >= 0.3 is 5.63 Å². The van der Waals surface area contributed by atoms with Gasteiger partial charge < -0.3 is 4.42 Å². The van der Waals surface area contributed by atoms with E-state index in [0.29, 0.717) is 16.8 Å². The molecule has 1 aromatic carbocycles. The summed E-state index contributed by atoms with van der Waals surface area (Å²) in [7, 11) is 0. The zero-order valence-electron chi connectivity index (χ0n) is 10.4. The zero-order chi connectivity index (χ0) is 12.3. The highest BCUT2D eigenvalue weighted by Gasteiger charge is 2.05. The summed E-state index contributed by atoms with van der Waals surface area (Å²) in [6, 6.07) is 3.73. The minimum absolute atomic E-state index is 0.310. The molecular formula is C13H17NO2. The number of aromatic nitrogens is 1. The highest BCUT2D eigenvalue weighted by Crippen LogP contribution is 2.14. The smallest absolute Gasteiger partial charge is 0.346 e. The molecule has 0 aliphatic heterocycles. The van der Waals surface area contributed by atoms with Gasteiger partial charge in [0.15, 0.2) is 5.89 Å². The first kappa shape index (κ1) is 12.4. The van der Waals surface area contributed by atoms with Crippen molar-refractivity contribution in [3.8, 4) is 0 Å². The van der Waals surface area contributed by atoms with Gasteiger partial charge in [0.1, 0.15) is 0 Å². The summed E-state index contributed by atoms with van der Waals surface area (Å²) in [6.07, 6.45) is 0. The van der Waals surface area contributed by atoms with E-state index >= 15 is 0 Å². The quantitative estimate of drug-likeness (QED) is 0.683. The minimum atomic E-state index is -0.310. The largest absolute Gasteiger partial charge is 0.408 e. The van der Waals surface area contributed by atoms with Crippen molar-refractivity contribution in [1.29, 1.82) is 0 Å². The van der Waals surface area contributed by atoms with Crippen molar-refractivity contribution < 1.29 is 4.42 Å². The van der Waals surface area contributed by atoms with Crippen LogP contribution in [-0.2, 0) is 0 Å². The van der Waals surface area contributed by atoms with Gasteiger partial charge in [0.2, 0.25) is 0 Å². The van der Waals surface area contributed by atoms with Crippen molar-refractivity contribution >= 4 is 10.9 Å². The monoisotopic (exact) mass is 219 g/mol. The molecule has 0 fully saturated rings. The van der Waals surface area contributed by atoms with Gasteiger partial charge in [-0.25, -0.2) is 9.78 Å². The molecule has 0 unspecified atom stereocenters. The molecule has 0 atom stereocenters. The van der Waals surface area contributed by atoms with E-state index in [2.05, 4.69) is 4.98 Å². The normalized spacial score (nSPS) is 9.81. The molecule has 16 heavy (non-hydrogen) atoms. The summed E-state index contributed by atoms with van der Waals surface area (Å²) in [5.41, 5.74) is 2.61. The van der Waals surface area contributed by atoms with Crippen LogP contribution < -0.4 is 5.63 Å². The number of fused-ring (bicyclic) bond motifs is 1. The molecule has 0 amide bonds. The Balaban J connectivity index is 0.000000606. The predicted octanol–water partition coefficient (Wildman–Crippen LogP) is 3.14. The molecule has 3 heteroatoms. The Hall–Kier alpha value is -1.64. The molecule has 0 bridgehead atoms. The summed E-state index contributed by atoms with van der Waals surface area (Å²) < 4.78 is 4.92. The molecule has 0 radical (unpaired) electrons. The van der Waals surface area contributed by atoms with Crippen LogP contribution in [0.15, 0.2) is 21.3 Å². The number of aryl methyl sites for hydroxylation is 3. The fourth-order valence-electron chi connectivity index (χ4n) is 1.44. The SMILES string of the molecule is CC.Cc1nc2cc(C)c(C)cc2c(=O)o1. The summed E-state index contributed by atoms with van der Waals surface area (Å²) in [5.74, 6) is 0.408. The van der Waals surface area contributed by atoms with Gasteiger partial charge in [-0.15, -0.1) is 0 Å². The number of nitrogens with zero attached hydrogens (tertiary/aromatic N) is 1. The fourth-order valence-corrected chi connectivity index (χ4v) is 1.44. The molecule has 3 nitrogen and oxygen atoms in total. The molecule has 0 saturated heterocycles. The maximum Gasteiger partial charge on any atom is 0.346 e. The molecule has 0 aliphatic rings. The third kappa shape index (κ3) is 2.30. The number of hydrogen-bond acceptors (Lipinski definition) is 3. The Morgan fingerprint density at radius 2 is 1.62 bits per heavy atom. The fraction of sp³-hybridized carbons (Fsp3) is 0.385. The van der Waals surface area contributed by atoms with Gasteiger partial charge in [-0.2, -0.15) is 0 Å². The standard InChI is InChI=1S/C11H11NO2.C2H6/c1-6-4-9-10(5-7(6)2)12-8(3)14-11(9)13;1-2/h4-5H,1-3H3;1-2H3. The van der Waals surface area contributed by atoms with Crippen molar-refractivity contribution in [2.45, 2.75) is 34.6 Å². The summed E-state index contributed by atoms with van der Waals surface area (Å²) in [6.45, 7) is 9.64. The lowest BCUT2D eigenvalue weighted by Gasteiger charge is -2.02. The number of benzene rings is 1. The molecule has 0 aliphatic carbocycles. The van der Waals surface area contributed by atoms with Crippen molar-refractivity contribution in [3.05, 3.63) is 39.6 Å². The van der Waals surface area contributed by atoms with Crippen LogP contribution in [0.25, 0.3) is 10.9 Å². The van der Waals surface area contributed by atoms with E-state index in [-0.39, 0.29) is 5.63 Å². The summed E-state index contributed by atoms with van der Waals surface area (Å²) in [5, 5.41) is 0.554. The van der Waals surface area contributed by atoms with Crippen LogP contribution in [0.4, 0.5) is 0 Å². The van der Waals surface area contributed by atoms with E-state index in [1.165, 1.54) is 0 Å². The third-order valence-electron chi connectivity index (χ3n) is 2.35. The highest BCUT2D eigenvalue weighted by atomic mass is 16.4. The van der Waals surface area contributed by atoms with Crippen LogP contribution in [-0.4, -0.2) is 4.98 Å². The summed E-state index contributed by atoms with van der Waals surface area (Å²) >= 11 is 0. The second kappa shape index (κ2) is 4.92. The van der Waals surface area contributed by atoms with Crippen molar-refractivity contribution in [2.75, 3.05) is 0 Å². The Morgan fingerprint density at radius 1 is 1.06 bits per heavy atom. The molecule has 0 spiro atoms. The molecule has 2 rings (SSSR count). The van der Waals surface area contributed by atoms with Crippen LogP contribution in [0.2, 0.25) is 0 Å². The van der Waals surface area contributed by atoms with Crippen molar-refractivity contribution in [3.63, 3.8) is 0 Å². The molecule has 0 saturated carbocycles. The van der Waals surface area contributed by atoms with E-state index in [1.54, 1.807) is 6.92 Å². The predicted molar refractivity (Wildman–Crippen MR) is 65.8 cm³/mol. The average molecular weight is 219 g/mol. The molecule has 0 N–H and O–H groups in total. The van der Waals surface area contributed by atoms with E-state index in [1.807, 2.05) is 39.8 Å². The maximum absolute atomic E-state index is 11.5. The lowest BCUT2D eigenvalue weighted by atomic mass is 10.1. The second-order valence-corrected chi connectivity index (χ2v) is 3.47. The van der Waals surface area contributed by atoms with Crippen LogP contribution in [0.3, 0.4) is 0 Å². The molecule has 2 aromatic rings.